The predicted molar refractivity (Wildman–Crippen MR) is 141 cm³/mol. The van der Waals surface area contributed by atoms with Crippen molar-refractivity contribution in [1.29, 1.82) is 0 Å². The zero-order valence-corrected chi connectivity index (χ0v) is 22.0. The molecule has 1 fully saturated rings. The molecular formula is C25H31BrN4O4S. The summed E-state index contributed by atoms with van der Waals surface area (Å²) in [6.07, 6.45) is 4.96. The molecule has 0 aliphatic carbocycles. The van der Waals surface area contributed by atoms with Crippen LogP contribution in [0.2, 0.25) is 0 Å². The highest BCUT2D eigenvalue weighted by atomic mass is 79.9. The number of likely N-dealkylation sites (tertiary alicyclic amines) is 1. The Morgan fingerprint density at radius 2 is 1.83 bits per heavy atom. The number of benzene rings is 2. The van der Waals surface area contributed by atoms with Gasteiger partial charge >= 0.3 is 0 Å². The molecule has 2 amide bonds. The van der Waals surface area contributed by atoms with Gasteiger partial charge in [-0.1, -0.05) is 40.9 Å². The van der Waals surface area contributed by atoms with Crippen LogP contribution >= 0.6 is 15.9 Å². The largest absolute Gasteiger partial charge is 0.371 e. The van der Waals surface area contributed by atoms with Gasteiger partial charge in [0.1, 0.15) is 6.04 Å². The summed E-state index contributed by atoms with van der Waals surface area (Å²) in [5.41, 5.74) is 2.16. The summed E-state index contributed by atoms with van der Waals surface area (Å²) in [7, 11) is -3.54. The minimum Gasteiger partial charge on any atom is -0.371 e. The van der Waals surface area contributed by atoms with Crippen LogP contribution in [0.25, 0.3) is 0 Å². The van der Waals surface area contributed by atoms with Crippen molar-refractivity contribution in [2.75, 3.05) is 42.6 Å². The Hall–Kier alpha value is -2.43. The Balaban J connectivity index is 1.33. The number of amides is 2. The first-order chi connectivity index (χ1) is 16.8. The summed E-state index contributed by atoms with van der Waals surface area (Å²) in [6.45, 7) is 3.54. The molecule has 0 radical (unpaired) electrons. The van der Waals surface area contributed by atoms with Gasteiger partial charge in [-0.25, -0.2) is 8.42 Å². The third-order valence-electron chi connectivity index (χ3n) is 6.29. The fourth-order valence-electron chi connectivity index (χ4n) is 4.49. The normalized spacial score (nSPS) is 18.7. The van der Waals surface area contributed by atoms with Gasteiger partial charge in [0.25, 0.3) is 5.91 Å². The van der Waals surface area contributed by atoms with Crippen LogP contribution in [0.4, 0.5) is 11.4 Å². The number of carbonyl (C=O) groups is 2. The van der Waals surface area contributed by atoms with Crippen LogP contribution in [0, 0.1) is 0 Å². The van der Waals surface area contributed by atoms with Gasteiger partial charge in [-0.3, -0.25) is 9.59 Å². The summed E-state index contributed by atoms with van der Waals surface area (Å²) in [5, 5.41) is 8.73. The summed E-state index contributed by atoms with van der Waals surface area (Å²) in [6, 6.07) is 11.2. The van der Waals surface area contributed by atoms with E-state index in [4.69, 9.17) is 0 Å². The molecule has 0 aromatic heterocycles. The first kappa shape index (κ1) is 25.7. The third kappa shape index (κ3) is 7.28. The van der Waals surface area contributed by atoms with E-state index < -0.39 is 21.8 Å². The molecule has 2 aromatic rings. The van der Waals surface area contributed by atoms with Crippen LogP contribution in [0.3, 0.4) is 0 Å². The summed E-state index contributed by atoms with van der Waals surface area (Å²) >= 11 is 3.34. The van der Waals surface area contributed by atoms with Crippen LogP contribution in [0.1, 0.15) is 41.6 Å². The number of nitrogens with one attached hydrogen (secondary N) is 3. The Morgan fingerprint density at radius 1 is 1.06 bits per heavy atom. The number of carbonyl (C=O) groups excluding carboxylic acids is 2. The van der Waals surface area contributed by atoms with E-state index >= 15 is 0 Å². The van der Waals surface area contributed by atoms with Gasteiger partial charge in [-0.05, 0) is 61.8 Å². The van der Waals surface area contributed by atoms with Crippen molar-refractivity contribution < 1.29 is 18.0 Å². The Labute approximate surface area is 214 Å². The highest BCUT2D eigenvalue weighted by Crippen LogP contribution is 2.28. The lowest BCUT2D eigenvalue weighted by atomic mass is 10.1. The van der Waals surface area contributed by atoms with E-state index in [-0.39, 0.29) is 17.4 Å². The number of nitrogens with zero attached hydrogens (tertiary/aromatic N) is 1. The van der Waals surface area contributed by atoms with Gasteiger partial charge in [0.05, 0.1) is 22.9 Å². The van der Waals surface area contributed by atoms with Crippen molar-refractivity contribution in [2.45, 2.75) is 37.5 Å². The number of hydrogen-bond donors (Lipinski definition) is 3. The smallest absolute Gasteiger partial charge is 0.251 e. The van der Waals surface area contributed by atoms with Crippen LogP contribution in [0.5, 0.6) is 0 Å². The van der Waals surface area contributed by atoms with E-state index in [0.29, 0.717) is 29.0 Å². The van der Waals surface area contributed by atoms with E-state index in [0.717, 1.165) is 24.1 Å². The van der Waals surface area contributed by atoms with Gasteiger partial charge in [0.2, 0.25) is 5.91 Å². The lowest BCUT2D eigenvalue weighted by Gasteiger charge is -2.27. The first-order valence-electron chi connectivity index (χ1n) is 12.0. The van der Waals surface area contributed by atoms with Crippen LogP contribution < -0.4 is 16.0 Å². The van der Waals surface area contributed by atoms with E-state index in [9.17, 15) is 18.0 Å². The quantitative estimate of drug-likeness (QED) is 0.455. The first-order valence-corrected chi connectivity index (χ1v) is 14.6. The SMILES string of the molecule is O=C(NCCN1CCCCCC1)c1ccc2c(c1)NC(=O)[C@H](CS(=O)(=O)Cc1cccc(Br)c1)N2. The molecule has 2 aliphatic rings. The van der Waals surface area contributed by atoms with E-state index in [1.54, 1.807) is 36.4 Å². The maximum atomic E-state index is 12.7. The fraction of sp³-hybridized carbons (Fsp3) is 0.440. The van der Waals surface area contributed by atoms with Crippen LogP contribution in [-0.4, -0.2) is 63.1 Å². The van der Waals surface area contributed by atoms with Crippen molar-refractivity contribution in [1.82, 2.24) is 10.2 Å². The highest BCUT2D eigenvalue weighted by molar-refractivity contribution is 9.10. The molecule has 4 rings (SSSR count). The standard InChI is InChI=1S/C25H31BrN4O4S/c26-20-7-5-6-18(14-20)16-35(33,34)17-23-25(32)29-22-15-19(8-9-21(22)28-23)24(31)27-10-13-30-11-3-1-2-4-12-30/h5-9,14-15,23,28H,1-4,10-13,16-17H2,(H,27,31)(H,29,32)/t23-/m0/s1. The maximum Gasteiger partial charge on any atom is 0.251 e. The molecule has 188 valence electrons. The summed E-state index contributed by atoms with van der Waals surface area (Å²) in [5.74, 6) is -1.12. The van der Waals surface area contributed by atoms with Crippen molar-refractivity contribution in [3.05, 3.63) is 58.1 Å². The average molecular weight is 564 g/mol. The molecule has 2 heterocycles. The van der Waals surface area contributed by atoms with E-state index in [2.05, 4.69) is 36.8 Å². The Morgan fingerprint density at radius 3 is 2.57 bits per heavy atom. The number of sulfone groups is 1. The molecule has 2 aromatic carbocycles. The second-order valence-corrected chi connectivity index (χ2v) is 12.2. The third-order valence-corrected chi connectivity index (χ3v) is 8.40. The monoisotopic (exact) mass is 562 g/mol. The minimum absolute atomic E-state index is 0.151. The Kier molecular flexibility index (Phi) is 8.46. The molecule has 3 N–H and O–H groups in total. The van der Waals surface area contributed by atoms with Crippen molar-refractivity contribution in [3.63, 3.8) is 0 Å². The Bertz CT molecular complexity index is 1180. The second-order valence-electron chi connectivity index (χ2n) is 9.14. The molecule has 0 unspecified atom stereocenters. The molecule has 0 bridgehead atoms. The van der Waals surface area contributed by atoms with Gasteiger partial charge in [0, 0.05) is 23.1 Å². The number of hydrogen-bond acceptors (Lipinski definition) is 6. The fourth-order valence-corrected chi connectivity index (χ4v) is 6.48. The zero-order chi connectivity index (χ0) is 24.8. The van der Waals surface area contributed by atoms with E-state index in [1.807, 2.05) is 6.07 Å². The van der Waals surface area contributed by atoms with Gasteiger partial charge < -0.3 is 20.9 Å². The van der Waals surface area contributed by atoms with Crippen molar-refractivity contribution in [3.8, 4) is 0 Å². The van der Waals surface area contributed by atoms with Crippen molar-refractivity contribution in [2.24, 2.45) is 0 Å². The topological polar surface area (TPSA) is 108 Å². The highest BCUT2D eigenvalue weighted by Gasteiger charge is 2.30. The predicted octanol–water partition coefficient (Wildman–Crippen LogP) is 3.40. The second kappa shape index (κ2) is 11.5. The molecule has 35 heavy (non-hydrogen) atoms. The number of anilines is 2. The van der Waals surface area contributed by atoms with Gasteiger partial charge in [-0.15, -0.1) is 0 Å². The molecule has 0 spiro atoms. The number of fused-ring (bicyclic) bond motifs is 1. The lowest BCUT2D eigenvalue weighted by Crippen LogP contribution is -2.43. The number of rotatable bonds is 8. The lowest BCUT2D eigenvalue weighted by molar-refractivity contribution is -0.116. The maximum absolute atomic E-state index is 12.7. The van der Waals surface area contributed by atoms with Crippen LogP contribution in [0.15, 0.2) is 46.9 Å². The molecule has 1 atom stereocenters. The molecule has 8 nitrogen and oxygen atoms in total. The van der Waals surface area contributed by atoms with E-state index in [1.165, 1.54) is 25.7 Å². The summed E-state index contributed by atoms with van der Waals surface area (Å²) in [4.78, 5) is 27.7. The minimum atomic E-state index is -3.54. The summed E-state index contributed by atoms with van der Waals surface area (Å²) < 4.78 is 26.2. The van der Waals surface area contributed by atoms with Crippen LogP contribution in [-0.2, 0) is 20.4 Å². The molecule has 10 heteroatoms. The zero-order valence-electron chi connectivity index (χ0n) is 19.6. The average Bonchev–Trinajstić information content (AvgIpc) is 3.07. The molecule has 1 saturated heterocycles. The van der Waals surface area contributed by atoms with Gasteiger partial charge in [0.15, 0.2) is 9.84 Å². The van der Waals surface area contributed by atoms with Crippen molar-refractivity contribution >= 4 is 49.0 Å². The molecule has 0 saturated carbocycles. The van der Waals surface area contributed by atoms with Gasteiger partial charge in [-0.2, -0.15) is 0 Å². The molecule has 2 aliphatic heterocycles. The number of halogens is 1. The molecular weight excluding hydrogens is 532 g/mol.